The van der Waals surface area contributed by atoms with Crippen molar-refractivity contribution in [3.05, 3.63) is 16.4 Å². The van der Waals surface area contributed by atoms with Crippen LogP contribution in [0.25, 0.3) is 0 Å². The van der Waals surface area contributed by atoms with Crippen LogP contribution in [0.1, 0.15) is 31.9 Å². The Morgan fingerprint density at radius 2 is 2.30 bits per heavy atom. The predicted octanol–water partition coefficient (Wildman–Crippen LogP) is 1.74. The van der Waals surface area contributed by atoms with Gasteiger partial charge in [0.25, 0.3) is 0 Å². The Morgan fingerprint density at radius 3 is 2.95 bits per heavy atom. The third-order valence-electron chi connectivity index (χ3n) is 4.40. The van der Waals surface area contributed by atoms with Crippen LogP contribution < -0.4 is 0 Å². The summed E-state index contributed by atoms with van der Waals surface area (Å²) in [6.07, 6.45) is 5.07. The van der Waals surface area contributed by atoms with E-state index in [1.54, 1.807) is 13.3 Å². The molecule has 5 nitrogen and oxygen atoms in total. The number of likely N-dealkylation sites (tertiary alicyclic amines) is 1. The second kappa shape index (κ2) is 5.40. The zero-order valence-corrected chi connectivity index (χ0v) is 13.6. The molecular formula is C14H22BrN3O2. The number of aromatic nitrogens is 2. The fourth-order valence-corrected chi connectivity index (χ4v) is 4.03. The number of methoxy groups -OCH3 is 1. The Morgan fingerprint density at radius 1 is 1.55 bits per heavy atom. The maximum atomic E-state index is 11.2. The predicted molar refractivity (Wildman–Crippen MR) is 79.5 cm³/mol. The number of hydrogen-bond donors (Lipinski definition) is 1. The average Bonchev–Trinajstić information content (AvgIpc) is 3.10. The van der Waals surface area contributed by atoms with E-state index in [1.165, 1.54) is 12.8 Å². The molecule has 6 heteroatoms. The van der Waals surface area contributed by atoms with E-state index < -0.39 is 5.60 Å². The molecule has 2 fully saturated rings. The third-order valence-corrected chi connectivity index (χ3v) is 4.98. The Kier molecular flexibility index (Phi) is 3.92. The van der Waals surface area contributed by atoms with E-state index in [-0.39, 0.29) is 0 Å². The van der Waals surface area contributed by atoms with Gasteiger partial charge < -0.3 is 9.84 Å². The van der Waals surface area contributed by atoms with Gasteiger partial charge in [-0.25, -0.2) is 0 Å². The molecule has 1 aliphatic heterocycles. The van der Waals surface area contributed by atoms with Gasteiger partial charge in [-0.3, -0.25) is 9.58 Å². The molecule has 0 bridgehead atoms. The molecule has 2 atom stereocenters. The molecular weight excluding hydrogens is 322 g/mol. The maximum Gasteiger partial charge on any atom is 0.121 e. The fraction of sp³-hybridized carbons (Fsp3) is 0.786. The summed E-state index contributed by atoms with van der Waals surface area (Å²) >= 11 is 3.54. The molecule has 0 aromatic carbocycles. The van der Waals surface area contributed by atoms with Crippen molar-refractivity contribution in [1.82, 2.24) is 14.7 Å². The third kappa shape index (κ3) is 2.54. The van der Waals surface area contributed by atoms with Crippen molar-refractivity contribution >= 4 is 15.9 Å². The fourth-order valence-electron chi connectivity index (χ4n) is 3.37. The molecule has 0 spiro atoms. The second-order valence-electron chi connectivity index (χ2n) is 6.05. The quantitative estimate of drug-likeness (QED) is 0.884. The summed E-state index contributed by atoms with van der Waals surface area (Å²) in [7, 11) is 1.68. The van der Waals surface area contributed by atoms with E-state index in [1.807, 2.05) is 4.68 Å². The van der Waals surface area contributed by atoms with E-state index in [2.05, 4.69) is 32.9 Å². The number of aliphatic hydroxyl groups is 1. The summed E-state index contributed by atoms with van der Waals surface area (Å²) in [6, 6.07) is 1.10. The minimum atomic E-state index is -0.814. The number of nitrogens with zero attached hydrogens (tertiary/aromatic N) is 3. The largest absolute Gasteiger partial charge is 0.383 e. The minimum Gasteiger partial charge on any atom is -0.383 e. The van der Waals surface area contributed by atoms with Crippen molar-refractivity contribution in [3.8, 4) is 0 Å². The highest BCUT2D eigenvalue weighted by Gasteiger charge is 2.49. The zero-order chi connectivity index (χ0) is 14.3. The highest BCUT2D eigenvalue weighted by molar-refractivity contribution is 9.10. The molecule has 0 radical (unpaired) electrons. The van der Waals surface area contributed by atoms with Crippen molar-refractivity contribution in [3.63, 3.8) is 0 Å². The van der Waals surface area contributed by atoms with Crippen LogP contribution in [0.15, 0.2) is 10.7 Å². The van der Waals surface area contributed by atoms with E-state index >= 15 is 0 Å². The van der Waals surface area contributed by atoms with Crippen LogP contribution in [-0.4, -0.2) is 52.1 Å². The Hall–Kier alpha value is -0.430. The lowest BCUT2D eigenvalue weighted by Crippen LogP contribution is -2.35. The Balaban J connectivity index is 1.85. The van der Waals surface area contributed by atoms with Crippen LogP contribution in [0.5, 0.6) is 0 Å². The molecule has 2 heterocycles. The van der Waals surface area contributed by atoms with Crippen molar-refractivity contribution in [2.45, 2.75) is 50.4 Å². The minimum absolute atomic E-state index is 0.421. The van der Waals surface area contributed by atoms with Crippen molar-refractivity contribution in [2.75, 3.05) is 20.3 Å². The number of halogens is 1. The molecule has 2 unspecified atom stereocenters. The highest BCUT2D eigenvalue weighted by Crippen LogP contribution is 2.43. The lowest BCUT2D eigenvalue weighted by atomic mass is 9.96. The summed E-state index contributed by atoms with van der Waals surface area (Å²) in [5, 5.41) is 15.5. The van der Waals surface area contributed by atoms with Crippen LogP contribution in [0.3, 0.4) is 0 Å². The van der Waals surface area contributed by atoms with Gasteiger partial charge >= 0.3 is 0 Å². The van der Waals surface area contributed by atoms with Gasteiger partial charge in [-0.1, -0.05) is 0 Å². The van der Waals surface area contributed by atoms with Gasteiger partial charge in [0.05, 0.1) is 29.5 Å². The summed E-state index contributed by atoms with van der Waals surface area (Å²) in [5.74, 6) is 0. The molecule has 112 valence electrons. The molecule has 1 N–H and O–H groups in total. The van der Waals surface area contributed by atoms with Gasteiger partial charge in [0, 0.05) is 25.7 Å². The summed E-state index contributed by atoms with van der Waals surface area (Å²) in [5.41, 5.74) is 0.0787. The van der Waals surface area contributed by atoms with Crippen LogP contribution in [0, 0.1) is 0 Å². The van der Waals surface area contributed by atoms with Gasteiger partial charge in [-0.2, -0.15) is 5.10 Å². The molecule has 1 aromatic rings. The normalized spacial score (nSPS) is 31.1. The maximum absolute atomic E-state index is 11.2. The van der Waals surface area contributed by atoms with Crippen molar-refractivity contribution in [1.29, 1.82) is 0 Å². The SMILES string of the molecule is COCCn1ncc(Br)c1C1(O)CC(C)N(C2CC2)C1. The monoisotopic (exact) mass is 343 g/mol. The van der Waals surface area contributed by atoms with Gasteiger partial charge in [0.1, 0.15) is 5.60 Å². The lowest BCUT2D eigenvalue weighted by Gasteiger charge is -2.25. The first kappa shape index (κ1) is 14.5. The van der Waals surface area contributed by atoms with Crippen molar-refractivity contribution < 1.29 is 9.84 Å². The molecule has 1 saturated heterocycles. The van der Waals surface area contributed by atoms with Gasteiger partial charge in [-0.15, -0.1) is 0 Å². The number of rotatable bonds is 5. The van der Waals surface area contributed by atoms with E-state index in [0.29, 0.717) is 31.8 Å². The van der Waals surface area contributed by atoms with E-state index in [9.17, 15) is 5.11 Å². The number of ether oxygens (including phenoxy) is 1. The number of β-amino-alcohol motifs (C(OH)–C–C–N with tert-alkyl or cyclic N) is 1. The van der Waals surface area contributed by atoms with E-state index in [4.69, 9.17) is 4.74 Å². The average molecular weight is 344 g/mol. The van der Waals surface area contributed by atoms with Crippen LogP contribution >= 0.6 is 15.9 Å². The van der Waals surface area contributed by atoms with E-state index in [0.717, 1.165) is 16.6 Å². The first-order chi connectivity index (χ1) is 9.55. The number of hydrogen-bond acceptors (Lipinski definition) is 4. The Bertz CT molecular complexity index is 489. The topological polar surface area (TPSA) is 50.5 Å². The van der Waals surface area contributed by atoms with Crippen LogP contribution in [-0.2, 0) is 16.9 Å². The summed E-state index contributed by atoms with van der Waals surface area (Å²) < 4.78 is 7.89. The van der Waals surface area contributed by atoms with Crippen LogP contribution in [0.4, 0.5) is 0 Å². The first-order valence-electron chi connectivity index (χ1n) is 7.24. The summed E-state index contributed by atoms with van der Waals surface area (Å²) in [6.45, 7) is 4.17. The van der Waals surface area contributed by atoms with Crippen molar-refractivity contribution in [2.24, 2.45) is 0 Å². The molecule has 0 amide bonds. The second-order valence-corrected chi connectivity index (χ2v) is 6.90. The summed E-state index contributed by atoms with van der Waals surface area (Å²) in [4.78, 5) is 2.44. The van der Waals surface area contributed by atoms with Crippen LogP contribution in [0.2, 0.25) is 0 Å². The highest BCUT2D eigenvalue weighted by atomic mass is 79.9. The molecule has 1 saturated carbocycles. The molecule has 2 aliphatic rings. The molecule has 20 heavy (non-hydrogen) atoms. The van der Waals surface area contributed by atoms with Gasteiger partial charge in [0.15, 0.2) is 0 Å². The lowest BCUT2D eigenvalue weighted by molar-refractivity contribution is 0.0338. The molecule has 1 aromatic heterocycles. The standard InChI is InChI=1S/C14H22BrN3O2/c1-10-7-14(19,9-17(10)11-3-4-11)13-12(15)8-16-18(13)5-6-20-2/h8,10-11,19H,3-7,9H2,1-2H3. The van der Waals surface area contributed by atoms with Gasteiger partial charge in [-0.05, 0) is 42.1 Å². The zero-order valence-electron chi connectivity index (χ0n) is 12.0. The first-order valence-corrected chi connectivity index (χ1v) is 8.03. The van der Waals surface area contributed by atoms with Gasteiger partial charge in [0.2, 0.25) is 0 Å². The smallest absolute Gasteiger partial charge is 0.121 e. The molecule has 1 aliphatic carbocycles. The Labute approximate surface area is 128 Å². The molecule has 3 rings (SSSR count).